The number of hydrogen-bond donors (Lipinski definition) is 3. The number of hydrogen-bond acceptors (Lipinski definition) is 6. The molecule has 0 aliphatic rings. The van der Waals surface area contributed by atoms with E-state index in [-0.39, 0.29) is 6.54 Å². The lowest BCUT2D eigenvalue weighted by atomic mass is 10.0. The van der Waals surface area contributed by atoms with E-state index in [1.807, 2.05) is 61.5 Å². The molecule has 2 aromatic carbocycles. The molecule has 8 nitrogen and oxygen atoms in total. The lowest BCUT2D eigenvalue weighted by molar-refractivity contribution is 0.0106. The van der Waals surface area contributed by atoms with Crippen LogP contribution in [0.3, 0.4) is 0 Å². The van der Waals surface area contributed by atoms with Crippen molar-refractivity contribution in [2.24, 2.45) is 0 Å². The first kappa shape index (κ1) is 29.1. The zero-order chi connectivity index (χ0) is 26.9. The molecule has 8 heteroatoms. The van der Waals surface area contributed by atoms with E-state index in [0.717, 1.165) is 16.7 Å². The van der Waals surface area contributed by atoms with Gasteiger partial charge in [0.25, 0.3) is 0 Å². The van der Waals surface area contributed by atoms with Gasteiger partial charge in [-0.2, -0.15) is 0 Å². The van der Waals surface area contributed by atoms with E-state index in [9.17, 15) is 14.7 Å². The topological polar surface area (TPSA) is 100 Å². The van der Waals surface area contributed by atoms with Crippen LogP contribution in [0.4, 0.5) is 9.59 Å². The van der Waals surface area contributed by atoms with Crippen LogP contribution in [0, 0.1) is 6.92 Å². The van der Waals surface area contributed by atoms with Gasteiger partial charge >= 0.3 is 12.2 Å². The minimum Gasteiger partial charge on any atom is -0.444 e. The van der Waals surface area contributed by atoms with Crippen LogP contribution in [-0.2, 0) is 22.4 Å². The van der Waals surface area contributed by atoms with E-state index in [0.29, 0.717) is 13.0 Å². The van der Waals surface area contributed by atoms with Crippen LogP contribution in [0.1, 0.15) is 58.2 Å². The quantitative estimate of drug-likeness (QED) is 0.431. The van der Waals surface area contributed by atoms with Crippen molar-refractivity contribution in [1.29, 1.82) is 0 Å². The highest BCUT2D eigenvalue weighted by atomic mass is 16.6. The summed E-state index contributed by atoms with van der Waals surface area (Å²) in [4.78, 5) is 25.1. The van der Waals surface area contributed by atoms with Gasteiger partial charge in [-0.25, -0.2) is 14.6 Å². The van der Waals surface area contributed by atoms with Gasteiger partial charge in [0.2, 0.25) is 0 Å². The summed E-state index contributed by atoms with van der Waals surface area (Å²) in [6.45, 7) is 13.1. The Morgan fingerprint density at radius 2 is 1.42 bits per heavy atom. The van der Waals surface area contributed by atoms with Crippen LogP contribution in [0.15, 0.2) is 54.6 Å². The molecule has 0 heterocycles. The molecule has 0 fully saturated rings. The Morgan fingerprint density at radius 1 is 0.861 bits per heavy atom. The first-order valence-corrected chi connectivity index (χ1v) is 12.2. The highest BCUT2D eigenvalue weighted by molar-refractivity contribution is 5.68. The number of benzene rings is 2. The van der Waals surface area contributed by atoms with Crippen molar-refractivity contribution in [3.05, 3.63) is 71.3 Å². The molecule has 2 rings (SSSR count). The number of ether oxygens (including phenoxy) is 2. The Bertz CT molecular complexity index is 965. The van der Waals surface area contributed by atoms with Crippen LogP contribution in [0.2, 0.25) is 0 Å². The molecule has 2 amide bonds. The number of alkyl carbamates (subject to hydrolysis) is 1. The number of amides is 2. The van der Waals surface area contributed by atoms with Gasteiger partial charge in [0.1, 0.15) is 11.2 Å². The standard InChI is InChI=1S/C28H41N3O5/c1-20-13-15-22(16-14-20)18-31(30-26(34)36-28(5,6)7)19-24(32)23(17-21-11-9-8-10-12-21)29-25(33)35-27(2,3)4/h8-16,23-24,32H,17-19H2,1-7H3,(H,29,33)(H,30,34)/t23-,24-/m0/s1. The van der Waals surface area contributed by atoms with Crippen molar-refractivity contribution in [2.45, 2.75) is 84.8 Å². The molecule has 0 aliphatic carbocycles. The van der Waals surface area contributed by atoms with Crippen LogP contribution in [0.5, 0.6) is 0 Å². The van der Waals surface area contributed by atoms with Crippen LogP contribution in [-0.4, -0.2) is 52.2 Å². The first-order chi connectivity index (χ1) is 16.7. The Morgan fingerprint density at radius 3 is 1.97 bits per heavy atom. The molecule has 36 heavy (non-hydrogen) atoms. The van der Waals surface area contributed by atoms with Crippen molar-refractivity contribution in [1.82, 2.24) is 15.8 Å². The maximum absolute atomic E-state index is 12.6. The first-order valence-electron chi connectivity index (χ1n) is 12.2. The number of nitrogens with zero attached hydrogens (tertiary/aromatic N) is 1. The monoisotopic (exact) mass is 499 g/mol. The summed E-state index contributed by atoms with van der Waals surface area (Å²) in [7, 11) is 0. The van der Waals surface area contributed by atoms with Gasteiger partial charge in [0.15, 0.2) is 0 Å². The Labute approximate surface area is 215 Å². The fourth-order valence-electron chi connectivity index (χ4n) is 3.46. The smallest absolute Gasteiger partial charge is 0.422 e. The van der Waals surface area contributed by atoms with Gasteiger partial charge in [0.05, 0.1) is 12.1 Å². The lowest BCUT2D eigenvalue weighted by Crippen LogP contribution is -2.54. The average molecular weight is 500 g/mol. The minimum atomic E-state index is -1.03. The van der Waals surface area contributed by atoms with Crippen LogP contribution in [0.25, 0.3) is 0 Å². The normalized spacial score (nSPS) is 13.6. The molecule has 0 aliphatic heterocycles. The summed E-state index contributed by atoms with van der Waals surface area (Å²) in [5.41, 5.74) is 4.41. The van der Waals surface area contributed by atoms with Crippen LogP contribution < -0.4 is 10.7 Å². The summed E-state index contributed by atoms with van der Waals surface area (Å²) >= 11 is 0. The fourth-order valence-corrected chi connectivity index (χ4v) is 3.46. The van der Waals surface area contributed by atoms with Crippen LogP contribution >= 0.6 is 0 Å². The molecule has 198 valence electrons. The maximum Gasteiger partial charge on any atom is 0.422 e. The molecule has 0 bridgehead atoms. The van der Waals surface area contributed by atoms with Gasteiger partial charge in [-0.1, -0.05) is 60.2 Å². The molecule has 2 atom stereocenters. The van der Waals surface area contributed by atoms with Crippen molar-refractivity contribution >= 4 is 12.2 Å². The molecule has 0 saturated carbocycles. The SMILES string of the molecule is Cc1ccc(CN(C[C@H](O)[C@H](Cc2ccccc2)NC(=O)OC(C)(C)C)NC(=O)OC(C)(C)C)cc1. The van der Waals surface area contributed by atoms with Gasteiger partial charge in [-0.05, 0) is 66.0 Å². The lowest BCUT2D eigenvalue weighted by Gasteiger charge is -2.31. The Balaban J connectivity index is 2.22. The van der Waals surface area contributed by atoms with E-state index in [1.54, 1.807) is 46.6 Å². The molecule has 2 aromatic rings. The zero-order valence-corrected chi connectivity index (χ0v) is 22.5. The third kappa shape index (κ3) is 11.6. The summed E-state index contributed by atoms with van der Waals surface area (Å²) in [5, 5.41) is 15.7. The Hall–Kier alpha value is -3.10. The summed E-state index contributed by atoms with van der Waals surface area (Å²) < 4.78 is 10.8. The molecular formula is C28H41N3O5. The highest BCUT2D eigenvalue weighted by Crippen LogP contribution is 2.13. The molecule has 0 unspecified atom stereocenters. The second-order valence-corrected chi connectivity index (χ2v) is 11.0. The van der Waals surface area contributed by atoms with E-state index < -0.39 is 35.5 Å². The number of carbonyl (C=O) groups excluding carboxylic acids is 2. The predicted octanol–water partition coefficient (Wildman–Crippen LogP) is 4.73. The summed E-state index contributed by atoms with van der Waals surface area (Å²) in [5.74, 6) is 0. The van der Waals surface area contributed by atoms with Crippen molar-refractivity contribution in [3.63, 3.8) is 0 Å². The largest absolute Gasteiger partial charge is 0.444 e. The molecule has 0 spiro atoms. The van der Waals surface area contributed by atoms with Crippen molar-refractivity contribution in [3.8, 4) is 0 Å². The van der Waals surface area contributed by atoms with E-state index in [1.165, 1.54) is 0 Å². The molecule has 0 aromatic heterocycles. The summed E-state index contributed by atoms with van der Waals surface area (Å²) in [6.07, 6.45) is -1.89. The van der Waals surface area contributed by atoms with Gasteiger partial charge in [-0.15, -0.1) is 0 Å². The second-order valence-electron chi connectivity index (χ2n) is 11.0. The molecule has 0 radical (unpaired) electrons. The minimum absolute atomic E-state index is 0.0421. The third-order valence-corrected chi connectivity index (χ3v) is 5.01. The molecule has 0 saturated heterocycles. The fraction of sp³-hybridized carbons (Fsp3) is 0.500. The predicted molar refractivity (Wildman–Crippen MR) is 140 cm³/mol. The number of rotatable bonds is 9. The van der Waals surface area contributed by atoms with Crippen molar-refractivity contribution < 1.29 is 24.2 Å². The van der Waals surface area contributed by atoms with E-state index in [2.05, 4.69) is 10.7 Å². The Kier molecular flexibility index (Phi) is 10.3. The van der Waals surface area contributed by atoms with Crippen molar-refractivity contribution in [2.75, 3.05) is 6.54 Å². The molecular weight excluding hydrogens is 458 g/mol. The maximum atomic E-state index is 12.6. The van der Waals surface area contributed by atoms with E-state index in [4.69, 9.17) is 9.47 Å². The number of aliphatic hydroxyl groups excluding tert-OH is 1. The third-order valence-electron chi connectivity index (χ3n) is 5.01. The molecule has 3 N–H and O–H groups in total. The van der Waals surface area contributed by atoms with Gasteiger partial charge in [0, 0.05) is 13.1 Å². The zero-order valence-electron chi connectivity index (χ0n) is 22.5. The number of carbonyl (C=O) groups is 2. The van der Waals surface area contributed by atoms with Gasteiger partial charge < -0.3 is 19.9 Å². The average Bonchev–Trinajstić information content (AvgIpc) is 2.73. The number of aryl methyl sites for hydroxylation is 1. The summed E-state index contributed by atoms with van der Waals surface area (Å²) in [6, 6.07) is 16.8. The second kappa shape index (κ2) is 12.7. The number of nitrogens with one attached hydrogen (secondary N) is 2. The highest BCUT2D eigenvalue weighted by Gasteiger charge is 2.28. The number of hydrazine groups is 1. The van der Waals surface area contributed by atoms with E-state index >= 15 is 0 Å². The van der Waals surface area contributed by atoms with Gasteiger partial charge in [-0.3, -0.25) is 5.43 Å². The number of aliphatic hydroxyl groups is 1.